The lowest BCUT2D eigenvalue weighted by Crippen LogP contribution is -2.37. The summed E-state index contributed by atoms with van der Waals surface area (Å²) in [6, 6.07) is 7.70. The van der Waals surface area contributed by atoms with Crippen LogP contribution < -0.4 is 0 Å². The maximum absolute atomic E-state index is 11.5. The number of rotatable bonds is 3. The minimum atomic E-state index is -0.674. The molecule has 116 valence electrons. The largest absolute Gasteiger partial charge is 0.481 e. The summed E-state index contributed by atoms with van der Waals surface area (Å²) in [4.78, 5) is 12.5. The van der Waals surface area contributed by atoms with Crippen molar-refractivity contribution in [2.24, 2.45) is 17.3 Å². The first-order valence-corrected chi connectivity index (χ1v) is 8.69. The van der Waals surface area contributed by atoms with Gasteiger partial charge < -0.3 is 5.11 Å². The van der Waals surface area contributed by atoms with Gasteiger partial charge in [-0.25, -0.2) is 0 Å². The molecule has 21 heavy (non-hydrogen) atoms. The van der Waals surface area contributed by atoms with Gasteiger partial charge in [-0.05, 0) is 42.7 Å². The van der Waals surface area contributed by atoms with Crippen LogP contribution in [0.15, 0.2) is 29.2 Å². The number of benzene rings is 1. The van der Waals surface area contributed by atoms with Crippen LogP contribution in [0.5, 0.6) is 0 Å². The van der Waals surface area contributed by atoms with Crippen LogP contribution in [0.1, 0.15) is 40.0 Å². The van der Waals surface area contributed by atoms with Gasteiger partial charge in [-0.3, -0.25) is 4.79 Å². The van der Waals surface area contributed by atoms with E-state index in [1.165, 1.54) is 0 Å². The Labute approximate surface area is 136 Å². The second-order valence-electron chi connectivity index (χ2n) is 6.91. The number of hydrogen-bond donors (Lipinski definition) is 1. The third kappa shape index (κ3) is 4.17. The molecule has 1 aliphatic rings. The fourth-order valence-corrected chi connectivity index (χ4v) is 4.71. The van der Waals surface area contributed by atoms with E-state index >= 15 is 0 Å². The third-order valence-corrected chi connectivity index (χ3v) is 6.32. The molecule has 4 heteroatoms. The molecular weight excluding hydrogens is 304 g/mol. The highest BCUT2D eigenvalue weighted by Gasteiger charge is 2.39. The van der Waals surface area contributed by atoms with Crippen LogP contribution in [0.4, 0.5) is 0 Å². The molecule has 2 rings (SSSR count). The van der Waals surface area contributed by atoms with E-state index in [9.17, 15) is 9.90 Å². The van der Waals surface area contributed by atoms with Gasteiger partial charge in [-0.15, -0.1) is 11.8 Å². The van der Waals surface area contributed by atoms with Crippen molar-refractivity contribution in [3.8, 4) is 0 Å². The van der Waals surface area contributed by atoms with Crippen molar-refractivity contribution in [3.05, 3.63) is 29.3 Å². The molecule has 3 unspecified atom stereocenters. The Bertz CT molecular complexity index is 510. The fraction of sp³-hybridized carbons (Fsp3) is 0.588. The lowest BCUT2D eigenvalue weighted by molar-refractivity contribution is -0.143. The molecule has 0 aromatic heterocycles. The quantitative estimate of drug-likeness (QED) is 0.813. The molecule has 1 aliphatic carbocycles. The first-order chi connectivity index (χ1) is 9.79. The highest BCUT2D eigenvalue weighted by atomic mass is 35.5. The Morgan fingerprint density at radius 1 is 1.29 bits per heavy atom. The molecule has 0 radical (unpaired) electrons. The third-order valence-electron chi connectivity index (χ3n) is 4.45. The van der Waals surface area contributed by atoms with Crippen LogP contribution in [0.25, 0.3) is 0 Å². The molecule has 3 atom stereocenters. The molecule has 1 saturated carbocycles. The molecular formula is C17H23ClO2S. The maximum atomic E-state index is 11.5. The normalized spacial score (nSPS) is 26.6. The zero-order valence-corrected chi connectivity index (χ0v) is 14.4. The van der Waals surface area contributed by atoms with Crippen LogP contribution in [0.2, 0.25) is 5.02 Å². The first kappa shape index (κ1) is 16.7. The van der Waals surface area contributed by atoms with E-state index in [0.29, 0.717) is 10.9 Å². The second kappa shape index (κ2) is 6.62. The van der Waals surface area contributed by atoms with Gasteiger partial charge in [0.2, 0.25) is 0 Å². The Kier molecular flexibility index (Phi) is 5.26. The van der Waals surface area contributed by atoms with Crippen molar-refractivity contribution < 1.29 is 9.90 Å². The number of carbonyl (C=O) groups is 1. The molecule has 1 aromatic rings. The summed E-state index contributed by atoms with van der Waals surface area (Å²) in [5.41, 5.74) is 0.225. The molecule has 0 bridgehead atoms. The van der Waals surface area contributed by atoms with Crippen LogP contribution in [0.3, 0.4) is 0 Å². The van der Waals surface area contributed by atoms with Crippen molar-refractivity contribution >= 4 is 29.3 Å². The SMILES string of the molecule is CC(C)(C)C1CCC(C(=O)O)C(Sc2ccccc2Cl)C1. The predicted molar refractivity (Wildman–Crippen MR) is 89.0 cm³/mol. The summed E-state index contributed by atoms with van der Waals surface area (Å²) in [6.07, 6.45) is 2.70. The average molecular weight is 327 g/mol. The summed E-state index contributed by atoms with van der Waals surface area (Å²) in [5.74, 6) is -0.384. The van der Waals surface area contributed by atoms with E-state index in [1.807, 2.05) is 24.3 Å². The van der Waals surface area contributed by atoms with Gasteiger partial charge >= 0.3 is 5.97 Å². The summed E-state index contributed by atoms with van der Waals surface area (Å²) >= 11 is 7.86. The van der Waals surface area contributed by atoms with Gasteiger partial charge in [0, 0.05) is 10.1 Å². The van der Waals surface area contributed by atoms with Gasteiger partial charge in [0.1, 0.15) is 0 Å². The molecule has 0 saturated heterocycles. The number of carboxylic acid groups (broad SMARTS) is 1. The summed E-state index contributed by atoms with van der Waals surface area (Å²) in [6.45, 7) is 6.74. The molecule has 2 nitrogen and oxygen atoms in total. The molecule has 0 aliphatic heterocycles. The van der Waals surface area contributed by atoms with Gasteiger partial charge in [0.25, 0.3) is 0 Å². The number of halogens is 1. The standard InChI is InChI=1S/C17H23ClO2S/c1-17(2,3)11-8-9-12(16(19)20)15(10-11)21-14-7-5-4-6-13(14)18/h4-7,11-12,15H,8-10H2,1-3H3,(H,19,20). The molecule has 1 aromatic carbocycles. The molecule has 1 N–H and O–H groups in total. The maximum Gasteiger partial charge on any atom is 0.307 e. The number of hydrogen-bond acceptors (Lipinski definition) is 2. The number of aliphatic carboxylic acids is 1. The van der Waals surface area contributed by atoms with Crippen molar-refractivity contribution in [2.45, 2.75) is 50.2 Å². The van der Waals surface area contributed by atoms with Crippen molar-refractivity contribution in [3.63, 3.8) is 0 Å². The van der Waals surface area contributed by atoms with Gasteiger partial charge in [-0.2, -0.15) is 0 Å². The number of carboxylic acids is 1. The van der Waals surface area contributed by atoms with E-state index < -0.39 is 5.97 Å². The first-order valence-electron chi connectivity index (χ1n) is 7.43. The minimum Gasteiger partial charge on any atom is -0.481 e. The molecule has 1 fully saturated rings. The van der Waals surface area contributed by atoms with Crippen LogP contribution in [-0.2, 0) is 4.79 Å². The van der Waals surface area contributed by atoms with Crippen molar-refractivity contribution in [1.29, 1.82) is 0 Å². The fourth-order valence-electron chi connectivity index (χ4n) is 3.03. The van der Waals surface area contributed by atoms with Gasteiger partial charge in [-0.1, -0.05) is 44.5 Å². The van der Waals surface area contributed by atoms with E-state index in [-0.39, 0.29) is 16.6 Å². The summed E-state index contributed by atoms with van der Waals surface area (Å²) in [5, 5.41) is 10.3. The van der Waals surface area contributed by atoms with E-state index in [0.717, 1.165) is 24.2 Å². The lowest BCUT2D eigenvalue weighted by Gasteiger charge is -2.40. The smallest absolute Gasteiger partial charge is 0.307 e. The summed E-state index contributed by atoms with van der Waals surface area (Å²) < 4.78 is 0. The molecule has 0 heterocycles. The number of thioether (sulfide) groups is 1. The Balaban J connectivity index is 2.18. The zero-order chi connectivity index (χ0) is 15.6. The summed E-state index contributed by atoms with van der Waals surface area (Å²) in [7, 11) is 0. The van der Waals surface area contributed by atoms with Gasteiger partial charge in [0.15, 0.2) is 0 Å². The van der Waals surface area contributed by atoms with E-state index in [2.05, 4.69) is 20.8 Å². The highest BCUT2D eigenvalue weighted by Crippen LogP contribution is 2.46. The topological polar surface area (TPSA) is 37.3 Å². The van der Waals surface area contributed by atoms with Crippen molar-refractivity contribution in [1.82, 2.24) is 0 Å². The average Bonchev–Trinajstić information content (AvgIpc) is 2.40. The second-order valence-corrected chi connectivity index (χ2v) is 8.60. The van der Waals surface area contributed by atoms with Gasteiger partial charge in [0.05, 0.1) is 10.9 Å². The lowest BCUT2D eigenvalue weighted by atomic mass is 9.69. The van der Waals surface area contributed by atoms with E-state index in [4.69, 9.17) is 11.6 Å². The van der Waals surface area contributed by atoms with Crippen LogP contribution in [0, 0.1) is 17.3 Å². The Hall–Kier alpha value is -0.670. The minimum absolute atomic E-state index is 0.0976. The highest BCUT2D eigenvalue weighted by molar-refractivity contribution is 8.00. The Morgan fingerprint density at radius 2 is 1.95 bits per heavy atom. The predicted octanol–water partition coefficient (Wildman–Crippen LogP) is 5.35. The zero-order valence-electron chi connectivity index (χ0n) is 12.8. The van der Waals surface area contributed by atoms with Crippen LogP contribution in [-0.4, -0.2) is 16.3 Å². The van der Waals surface area contributed by atoms with E-state index in [1.54, 1.807) is 11.8 Å². The van der Waals surface area contributed by atoms with Crippen LogP contribution >= 0.6 is 23.4 Å². The van der Waals surface area contributed by atoms with Crippen molar-refractivity contribution in [2.75, 3.05) is 0 Å². The molecule has 0 spiro atoms. The monoisotopic (exact) mass is 326 g/mol. The molecule has 0 amide bonds. The Morgan fingerprint density at radius 3 is 2.52 bits per heavy atom.